The van der Waals surface area contributed by atoms with Crippen molar-refractivity contribution in [2.75, 3.05) is 0 Å². The number of rotatable bonds is 3. The summed E-state index contributed by atoms with van der Waals surface area (Å²) < 4.78 is 13.3. The molecule has 1 fully saturated rings. The van der Waals surface area contributed by atoms with E-state index >= 15 is 0 Å². The highest BCUT2D eigenvalue weighted by Gasteiger charge is 2.38. The number of halogens is 1. The minimum atomic E-state index is -0.264. The van der Waals surface area contributed by atoms with E-state index in [9.17, 15) is 9.18 Å². The first-order chi connectivity index (χ1) is 7.04. The van der Waals surface area contributed by atoms with E-state index in [1.807, 2.05) is 0 Å². The Labute approximate surface area is 88.3 Å². The second-order valence-corrected chi connectivity index (χ2v) is 4.46. The molecule has 15 heavy (non-hydrogen) atoms. The van der Waals surface area contributed by atoms with Crippen molar-refractivity contribution in [3.63, 3.8) is 0 Å². The van der Waals surface area contributed by atoms with Crippen LogP contribution < -0.4 is 5.73 Å². The Morgan fingerprint density at radius 2 is 2.20 bits per heavy atom. The number of carbonyl (C=O) groups excluding carboxylic acids is 1. The van der Waals surface area contributed by atoms with Gasteiger partial charge >= 0.3 is 0 Å². The Morgan fingerprint density at radius 3 is 2.73 bits per heavy atom. The minimum absolute atomic E-state index is 0.195. The summed E-state index contributed by atoms with van der Waals surface area (Å²) in [6, 6.07) is 3.02. The predicted octanol–water partition coefficient (Wildman–Crippen LogP) is 1.98. The Balaban J connectivity index is 2.36. The van der Waals surface area contributed by atoms with Gasteiger partial charge in [0, 0.05) is 11.1 Å². The molecule has 0 heterocycles. The van der Waals surface area contributed by atoms with Gasteiger partial charge in [-0.15, -0.1) is 0 Å². The lowest BCUT2D eigenvalue weighted by Crippen LogP contribution is -2.25. The van der Waals surface area contributed by atoms with Crippen LogP contribution in [0, 0.1) is 12.7 Å². The average Bonchev–Trinajstić information content (AvgIpc) is 2.89. The number of benzene rings is 1. The van der Waals surface area contributed by atoms with Crippen molar-refractivity contribution in [3.05, 3.63) is 34.6 Å². The Bertz CT molecular complexity index is 410. The van der Waals surface area contributed by atoms with Crippen LogP contribution in [0.1, 0.15) is 34.3 Å². The van der Waals surface area contributed by atoms with Crippen molar-refractivity contribution in [1.82, 2.24) is 0 Å². The first-order valence-corrected chi connectivity index (χ1v) is 5.07. The predicted molar refractivity (Wildman–Crippen MR) is 56.4 cm³/mol. The molecule has 0 atom stereocenters. The normalized spacial score (nSPS) is 17.5. The second kappa shape index (κ2) is 3.42. The third kappa shape index (κ3) is 2.07. The maximum Gasteiger partial charge on any atom is 0.150 e. The van der Waals surface area contributed by atoms with E-state index in [-0.39, 0.29) is 11.4 Å². The summed E-state index contributed by atoms with van der Waals surface area (Å²) in [4.78, 5) is 10.8. The van der Waals surface area contributed by atoms with Gasteiger partial charge in [-0.1, -0.05) is 0 Å². The lowest BCUT2D eigenvalue weighted by Gasteiger charge is -2.11. The van der Waals surface area contributed by atoms with Gasteiger partial charge in [-0.3, -0.25) is 4.79 Å². The number of hydrogen-bond donors (Lipinski definition) is 1. The van der Waals surface area contributed by atoms with E-state index < -0.39 is 0 Å². The van der Waals surface area contributed by atoms with Crippen molar-refractivity contribution in [2.45, 2.75) is 31.7 Å². The van der Waals surface area contributed by atoms with E-state index in [2.05, 4.69) is 0 Å². The van der Waals surface area contributed by atoms with Crippen LogP contribution in [0.3, 0.4) is 0 Å². The smallest absolute Gasteiger partial charge is 0.150 e. The summed E-state index contributed by atoms with van der Waals surface area (Å²) in [6.07, 6.45) is 3.29. The van der Waals surface area contributed by atoms with Gasteiger partial charge < -0.3 is 5.73 Å². The minimum Gasteiger partial charge on any atom is -0.325 e. The van der Waals surface area contributed by atoms with Crippen molar-refractivity contribution >= 4 is 6.29 Å². The van der Waals surface area contributed by atoms with Crippen LogP contribution in [-0.4, -0.2) is 11.8 Å². The van der Waals surface area contributed by atoms with Gasteiger partial charge in [0.15, 0.2) is 0 Å². The van der Waals surface area contributed by atoms with Crippen molar-refractivity contribution in [2.24, 2.45) is 5.73 Å². The largest absolute Gasteiger partial charge is 0.325 e. The molecule has 1 aromatic carbocycles. The van der Waals surface area contributed by atoms with Crippen LogP contribution in [0.15, 0.2) is 12.1 Å². The molecule has 0 aromatic heterocycles. The molecule has 2 nitrogen and oxygen atoms in total. The molecule has 1 aliphatic rings. The molecule has 3 heteroatoms. The molecular formula is C12H14FNO. The summed E-state index contributed by atoms with van der Waals surface area (Å²) >= 11 is 0. The lowest BCUT2D eigenvalue weighted by molar-refractivity contribution is 0.112. The van der Waals surface area contributed by atoms with Crippen LogP contribution in [0.2, 0.25) is 0 Å². The van der Waals surface area contributed by atoms with Gasteiger partial charge in [-0.2, -0.15) is 0 Å². The first kappa shape index (κ1) is 10.3. The maximum atomic E-state index is 13.3. The molecule has 2 rings (SSSR count). The molecule has 1 aromatic rings. The van der Waals surface area contributed by atoms with Crippen LogP contribution >= 0.6 is 0 Å². The van der Waals surface area contributed by atoms with E-state index in [1.165, 1.54) is 6.07 Å². The van der Waals surface area contributed by atoms with Crippen LogP contribution in [0.5, 0.6) is 0 Å². The third-order valence-electron chi connectivity index (χ3n) is 2.98. The first-order valence-electron chi connectivity index (χ1n) is 5.07. The summed E-state index contributed by atoms with van der Waals surface area (Å²) in [7, 11) is 0. The fourth-order valence-electron chi connectivity index (χ4n) is 1.72. The highest BCUT2D eigenvalue weighted by Crippen LogP contribution is 2.36. The second-order valence-electron chi connectivity index (χ2n) is 4.46. The van der Waals surface area contributed by atoms with Gasteiger partial charge in [0.2, 0.25) is 0 Å². The van der Waals surface area contributed by atoms with Crippen LogP contribution in [0.4, 0.5) is 4.39 Å². The molecular weight excluding hydrogens is 193 g/mol. The van der Waals surface area contributed by atoms with Gasteiger partial charge in [-0.05, 0) is 49.4 Å². The van der Waals surface area contributed by atoms with Crippen LogP contribution in [0.25, 0.3) is 0 Å². The molecule has 0 spiro atoms. The van der Waals surface area contributed by atoms with E-state index in [0.717, 1.165) is 24.7 Å². The monoisotopic (exact) mass is 207 g/mol. The lowest BCUT2D eigenvalue weighted by atomic mass is 9.98. The van der Waals surface area contributed by atoms with Gasteiger partial charge in [0.1, 0.15) is 12.1 Å². The quantitative estimate of drug-likeness (QED) is 0.770. The molecule has 0 aliphatic heterocycles. The highest BCUT2D eigenvalue weighted by atomic mass is 19.1. The van der Waals surface area contributed by atoms with Crippen LogP contribution in [-0.2, 0) is 6.42 Å². The summed E-state index contributed by atoms with van der Waals surface area (Å²) in [6.45, 7) is 1.65. The summed E-state index contributed by atoms with van der Waals surface area (Å²) in [5, 5.41) is 0. The highest BCUT2D eigenvalue weighted by molar-refractivity contribution is 5.77. The number of nitrogens with two attached hydrogens (primary N) is 1. The summed E-state index contributed by atoms with van der Waals surface area (Å²) in [5.74, 6) is -0.264. The average molecular weight is 207 g/mol. The molecule has 0 radical (unpaired) electrons. The Hall–Kier alpha value is -1.22. The zero-order valence-electron chi connectivity index (χ0n) is 8.72. The molecule has 1 aliphatic carbocycles. The van der Waals surface area contributed by atoms with Crippen molar-refractivity contribution in [3.8, 4) is 0 Å². The van der Waals surface area contributed by atoms with Gasteiger partial charge in [0.25, 0.3) is 0 Å². The maximum absolute atomic E-state index is 13.3. The fraction of sp³-hybridized carbons (Fsp3) is 0.417. The topological polar surface area (TPSA) is 43.1 Å². The molecule has 0 saturated heterocycles. The molecule has 80 valence electrons. The molecule has 0 bridgehead atoms. The molecule has 0 unspecified atom stereocenters. The number of aldehydes is 1. The molecule has 1 saturated carbocycles. The van der Waals surface area contributed by atoms with E-state index in [0.29, 0.717) is 17.5 Å². The van der Waals surface area contributed by atoms with Gasteiger partial charge in [-0.25, -0.2) is 4.39 Å². The third-order valence-corrected chi connectivity index (χ3v) is 2.98. The summed E-state index contributed by atoms with van der Waals surface area (Å²) in [5.41, 5.74) is 7.55. The van der Waals surface area contributed by atoms with E-state index in [4.69, 9.17) is 5.73 Å². The molecule has 2 N–H and O–H groups in total. The standard InChI is InChI=1S/C12H14FNO/c1-8-4-10(7-15)9(5-11(8)13)6-12(14)2-3-12/h4-5,7H,2-3,6,14H2,1H3. The van der Waals surface area contributed by atoms with Crippen molar-refractivity contribution in [1.29, 1.82) is 0 Å². The Morgan fingerprint density at radius 1 is 1.53 bits per heavy atom. The van der Waals surface area contributed by atoms with Crippen molar-refractivity contribution < 1.29 is 9.18 Å². The SMILES string of the molecule is Cc1cc(C=O)c(CC2(N)CC2)cc1F. The zero-order valence-corrected chi connectivity index (χ0v) is 8.72. The zero-order chi connectivity index (χ0) is 11.1. The van der Waals surface area contributed by atoms with Gasteiger partial charge in [0.05, 0.1) is 0 Å². The number of carbonyl (C=O) groups is 1. The molecule has 0 amide bonds. The number of aryl methyl sites for hydroxylation is 1. The van der Waals surface area contributed by atoms with E-state index in [1.54, 1.807) is 13.0 Å². The number of hydrogen-bond acceptors (Lipinski definition) is 2. The fourth-order valence-corrected chi connectivity index (χ4v) is 1.72. The Kier molecular flexibility index (Phi) is 2.35.